The minimum absolute atomic E-state index is 0.0337. The molecule has 1 atom stereocenters. The monoisotopic (exact) mass is 217 g/mol. The van der Waals surface area contributed by atoms with Crippen LogP contribution in [0.4, 0.5) is 11.4 Å². The van der Waals surface area contributed by atoms with Crippen molar-refractivity contribution in [3.05, 3.63) is 24.3 Å². The molecule has 0 spiro atoms. The predicted molar refractivity (Wildman–Crippen MR) is 63.9 cm³/mol. The van der Waals surface area contributed by atoms with Gasteiger partial charge in [0, 0.05) is 26.7 Å². The van der Waals surface area contributed by atoms with Crippen molar-refractivity contribution >= 4 is 17.3 Å². The van der Waals surface area contributed by atoms with E-state index in [2.05, 4.69) is 16.3 Å². The van der Waals surface area contributed by atoms with Gasteiger partial charge in [-0.05, 0) is 12.1 Å². The lowest BCUT2D eigenvalue weighted by atomic mass is 10.0. The fourth-order valence-corrected chi connectivity index (χ4v) is 2.55. The number of carbonyl (C=O) groups excluding carboxylic acids is 1. The number of hydrogen-bond acceptors (Lipinski definition) is 3. The van der Waals surface area contributed by atoms with E-state index >= 15 is 0 Å². The minimum atomic E-state index is -0.0337. The van der Waals surface area contributed by atoms with Crippen LogP contribution in [0.5, 0.6) is 0 Å². The second kappa shape index (κ2) is 3.49. The van der Waals surface area contributed by atoms with Crippen LogP contribution in [0.3, 0.4) is 0 Å². The average molecular weight is 217 g/mol. The molecular weight excluding hydrogens is 202 g/mol. The highest BCUT2D eigenvalue weighted by molar-refractivity contribution is 6.05. The van der Waals surface area contributed by atoms with Gasteiger partial charge in [0.2, 0.25) is 0 Å². The van der Waals surface area contributed by atoms with Crippen LogP contribution in [0.2, 0.25) is 0 Å². The molecule has 1 aromatic rings. The number of fused-ring (bicyclic) bond motifs is 3. The number of rotatable bonds is 0. The van der Waals surface area contributed by atoms with Gasteiger partial charge >= 0.3 is 0 Å². The van der Waals surface area contributed by atoms with E-state index in [0.717, 1.165) is 25.3 Å². The summed E-state index contributed by atoms with van der Waals surface area (Å²) in [6.45, 7) is 2.60. The highest BCUT2D eigenvalue weighted by Gasteiger charge is 2.37. The molecule has 16 heavy (non-hydrogen) atoms. The Hall–Kier alpha value is -1.55. The number of amides is 1. The lowest BCUT2D eigenvalue weighted by Crippen LogP contribution is -2.61. The fraction of sp³-hybridized carbons (Fsp3) is 0.417. The first kappa shape index (κ1) is 9.66. The fourth-order valence-electron chi connectivity index (χ4n) is 2.55. The van der Waals surface area contributed by atoms with Crippen LogP contribution in [-0.2, 0) is 4.79 Å². The number of carbonyl (C=O) groups is 1. The van der Waals surface area contributed by atoms with E-state index in [1.165, 1.54) is 5.69 Å². The summed E-state index contributed by atoms with van der Waals surface area (Å²) in [6.07, 6.45) is 0. The van der Waals surface area contributed by atoms with Gasteiger partial charge in [0.25, 0.3) is 5.91 Å². The SMILES string of the molecule is CN1C(=O)C2CNCCN2c2ccccc21. The molecule has 1 aromatic carbocycles. The number of para-hydroxylation sites is 2. The Morgan fingerprint density at radius 3 is 2.88 bits per heavy atom. The van der Waals surface area contributed by atoms with E-state index in [0.29, 0.717) is 0 Å². The van der Waals surface area contributed by atoms with Crippen LogP contribution in [0, 0.1) is 0 Å². The molecule has 1 amide bonds. The molecule has 0 aromatic heterocycles. The van der Waals surface area contributed by atoms with Crippen molar-refractivity contribution < 1.29 is 4.79 Å². The second-order valence-electron chi connectivity index (χ2n) is 4.30. The third kappa shape index (κ3) is 1.23. The third-order valence-electron chi connectivity index (χ3n) is 3.41. The van der Waals surface area contributed by atoms with Gasteiger partial charge in [-0.25, -0.2) is 0 Å². The molecule has 3 rings (SSSR count). The van der Waals surface area contributed by atoms with Gasteiger partial charge in [0.15, 0.2) is 0 Å². The first-order chi connectivity index (χ1) is 7.79. The number of nitrogens with zero attached hydrogens (tertiary/aromatic N) is 2. The maximum absolute atomic E-state index is 12.2. The summed E-state index contributed by atoms with van der Waals surface area (Å²) in [5, 5.41) is 3.28. The quantitative estimate of drug-likeness (QED) is 0.685. The lowest BCUT2D eigenvalue weighted by molar-refractivity contribution is -0.120. The zero-order valence-corrected chi connectivity index (χ0v) is 9.31. The highest BCUT2D eigenvalue weighted by atomic mass is 16.2. The van der Waals surface area contributed by atoms with E-state index in [-0.39, 0.29) is 11.9 Å². The van der Waals surface area contributed by atoms with Gasteiger partial charge in [-0.1, -0.05) is 12.1 Å². The van der Waals surface area contributed by atoms with E-state index in [1.807, 2.05) is 25.2 Å². The zero-order chi connectivity index (χ0) is 11.1. The maximum atomic E-state index is 12.2. The number of nitrogens with one attached hydrogen (secondary N) is 1. The van der Waals surface area contributed by atoms with Crippen molar-refractivity contribution in [3.8, 4) is 0 Å². The van der Waals surface area contributed by atoms with Crippen LogP contribution in [0.25, 0.3) is 0 Å². The molecular formula is C12H15N3O. The van der Waals surface area contributed by atoms with Gasteiger partial charge in [-0.2, -0.15) is 0 Å². The van der Waals surface area contributed by atoms with E-state index < -0.39 is 0 Å². The number of hydrogen-bond donors (Lipinski definition) is 1. The summed E-state index contributed by atoms with van der Waals surface area (Å²) in [4.78, 5) is 16.2. The Bertz CT molecular complexity index is 432. The molecule has 1 fully saturated rings. The molecule has 0 bridgehead atoms. The van der Waals surface area contributed by atoms with Gasteiger partial charge in [-0.15, -0.1) is 0 Å². The first-order valence-corrected chi connectivity index (χ1v) is 5.63. The first-order valence-electron chi connectivity index (χ1n) is 5.63. The summed E-state index contributed by atoms with van der Waals surface area (Å²) < 4.78 is 0. The van der Waals surface area contributed by atoms with Crippen LogP contribution in [-0.4, -0.2) is 38.6 Å². The number of piperazine rings is 1. The van der Waals surface area contributed by atoms with Crippen molar-refractivity contribution in [2.45, 2.75) is 6.04 Å². The molecule has 0 aliphatic carbocycles. The van der Waals surface area contributed by atoms with Crippen LogP contribution >= 0.6 is 0 Å². The summed E-state index contributed by atoms with van der Waals surface area (Å²) in [5.74, 6) is 0.186. The van der Waals surface area contributed by atoms with Gasteiger partial charge < -0.3 is 15.1 Å². The second-order valence-corrected chi connectivity index (χ2v) is 4.30. The molecule has 0 radical (unpaired) electrons. The van der Waals surface area contributed by atoms with Crippen molar-refractivity contribution in [2.24, 2.45) is 0 Å². The van der Waals surface area contributed by atoms with Crippen molar-refractivity contribution in [3.63, 3.8) is 0 Å². The Morgan fingerprint density at radius 1 is 1.31 bits per heavy atom. The Morgan fingerprint density at radius 2 is 2.06 bits per heavy atom. The van der Waals surface area contributed by atoms with Crippen molar-refractivity contribution in [1.82, 2.24) is 5.32 Å². The van der Waals surface area contributed by atoms with Gasteiger partial charge in [0.05, 0.1) is 11.4 Å². The smallest absolute Gasteiger partial charge is 0.250 e. The van der Waals surface area contributed by atoms with E-state index in [1.54, 1.807) is 4.90 Å². The molecule has 1 unspecified atom stereocenters. The standard InChI is InChI=1S/C12H15N3O/c1-14-9-4-2-3-5-10(9)15-7-6-13-8-11(15)12(14)16/h2-5,11,13H,6-8H2,1H3. The largest absolute Gasteiger partial charge is 0.355 e. The van der Waals surface area contributed by atoms with Crippen molar-refractivity contribution in [2.75, 3.05) is 36.5 Å². The van der Waals surface area contributed by atoms with Crippen molar-refractivity contribution in [1.29, 1.82) is 0 Å². The summed E-state index contributed by atoms with van der Waals surface area (Å²) >= 11 is 0. The molecule has 0 saturated carbocycles. The molecule has 2 aliphatic heterocycles. The Balaban J connectivity index is 2.11. The average Bonchev–Trinajstić information content (AvgIpc) is 2.36. The molecule has 4 nitrogen and oxygen atoms in total. The normalized spacial score (nSPS) is 24.1. The molecule has 1 saturated heterocycles. The van der Waals surface area contributed by atoms with Crippen LogP contribution in [0.15, 0.2) is 24.3 Å². The van der Waals surface area contributed by atoms with Crippen LogP contribution in [0.1, 0.15) is 0 Å². The maximum Gasteiger partial charge on any atom is 0.250 e. The zero-order valence-electron chi connectivity index (χ0n) is 9.31. The number of benzene rings is 1. The number of likely N-dealkylation sites (N-methyl/N-ethyl adjacent to an activating group) is 1. The highest BCUT2D eigenvalue weighted by Crippen LogP contribution is 2.35. The lowest BCUT2D eigenvalue weighted by Gasteiger charge is -2.44. The minimum Gasteiger partial charge on any atom is -0.355 e. The summed E-state index contributed by atoms with van der Waals surface area (Å²) in [5.41, 5.74) is 2.20. The predicted octanol–water partition coefficient (Wildman–Crippen LogP) is 0.441. The summed E-state index contributed by atoms with van der Waals surface area (Å²) in [7, 11) is 1.85. The molecule has 4 heteroatoms. The van der Waals surface area contributed by atoms with Gasteiger partial charge in [0.1, 0.15) is 6.04 Å². The summed E-state index contributed by atoms with van der Waals surface area (Å²) in [6, 6.07) is 8.07. The topological polar surface area (TPSA) is 35.6 Å². The third-order valence-corrected chi connectivity index (χ3v) is 3.41. The van der Waals surface area contributed by atoms with E-state index in [9.17, 15) is 4.79 Å². The van der Waals surface area contributed by atoms with Gasteiger partial charge in [-0.3, -0.25) is 4.79 Å². The molecule has 2 aliphatic rings. The Kier molecular flexibility index (Phi) is 2.11. The van der Waals surface area contributed by atoms with E-state index in [4.69, 9.17) is 0 Å². The Labute approximate surface area is 94.8 Å². The molecule has 1 N–H and O–H groups in total. The molecule has 84 valence electrons. The molecule has 2 heterocycles. The number of anilines is 2. The van der Waals surface area contributed by atoms with Crippen LogP contribution < -0.4 is 15.1 Å².